The second kappa shape index (κ2) is 16.3. The maximum absolute atomic E-state index is 2.37. The molecule has 0 aliphatic heterocycles. The molecule has 10 aromatic carbocycles. The van der Waals surface area contributed by atoms with Crippen LogP contribution in [0.4, 0.5) is 17.1 Å². The first-order valence-corrected chi connectivity index (χ1v) is 21.7. The van der Waals surface area contributed by atoms with Gasteiger partial charge in [-0.2, -0.15) is 0 Å². The largest absolute Gasteiger partial charge is 0.311 e. The summed E-state index contributed by atoms with van der Waals surface area (Å²) in [4.78, 5) is 2.36. The van der Waals surface area contributed by atoms with E-state index in [9.17, 15) is 0 Å². The molecule has 11 rings (SSSR count). The fourth-order valence-electron chi connectivity index (χ4n) is 9.61. The molecule has 0 saturated carbocycles. The molecule has 0 fully saturated rings. The number of nitrogens with zero attached hydrogens (tertiary/aromatic N) is 2. The predicted molar refractivity (Wildman–Crippen MR) is 265 cm³/mol. The predicted octanol–water partition coefficient (Wildman–Crippen LogP) is 16.0. The lowest BCUT2D eigenvalue weighted by molar-refractivity contribution is 0.745. The molecule has 0 aliphatic rings. The number of para-hydroxylation sites is 2. The number of aromatic nitrogens is 1. The van der Waals surface area contributed by atoms with Gasteiger partial charge in [0.05, 0.1) is 16.4 Å². The summed E-state index contributed by atoms with van der Waals surface area (Å²) in [7, 11) is 0. The van der Waals surface area contributed by atoms with Gasteiger partial charge in [0, 0.05) is 33.5 Å². The molecule has 63 heavy (non-hydrogen) atoms. The van der Waals surface area contributed by atoms with Crippen LogP contribution in [-0.4, -0.2) is 4.57 Å². The van der Waals surface area contributed by atoms with Crippen LogP contribution in [-0.2, 0) is 5.41 Å². The molecule has 0 unspecified atom stereocenters. The Morgan fingerprint density at radius 1 is 0.254 bits per heavy atom. The average molecular weight is 805 g/mol. The summed E-state index contributed by atoms with van der Waals surface area (Å²) >= 11 is 0. The third-order valence-electron chi connectivity index (χ3n) is 12.6. The molecule has 2 nitrogen and oxygen atoms in total. The standard InChI is InChI=1S/C61H44N2/c1-5-17-45(18-6-1)46-29-37-53(38-30-46)62(55-43-35-52(36-44-55)61(49-19-7-2-8-20-49,50-21-9-3-10-22-50)51-23-11-4-12-24-51)54-39-31-47(32-40-54)48-33-41-56(42-34-48)63-59-27-15-13-25-57(59)58-26-14-16-28-60(58)63/h1-44H. The lowest BCUT2D eigenvalue weighted by Crippen LogP contribution is -2.31. The fraction of sp³-hybridized carbons (Fsp3) is 0.0164. The van der Waals surface area contributed by atoms with Crippen molar-refractivity contribution in [1.82, 2.24) is 4.57 Å². The fourth-order valence-corrected chi connectivity index (χ4v) is 9.61. The van der Waals surface area contributed by atoms with E-state index >= 15 is 0 Å². The van der Waals surface area contributed by atoms with Crippen molar-refractivity contribution in [2.75, 3.05) is 4.90 Å². The number of rotatable bonds is 10. The summed E-state index contributed by atoms with van der Waals surface area (Å²) in [6.07, 6.45) is 0. The van der Waals surface area contributed by atoms with E-state index in [0.717, 1.165) is 22.7 Å². The van der Waals surface area contributed by atoms with Crippen molar-refractivity contribution in [3.63, 3.8) is 0 Å². The maximum Gasteiger partial charge on any atom is 0.0701 e. The van der Waals surface area contributed by atoms with Crippen LogP contribution in [0.3, 0.4) is 0 Å². The maximum atomic E-state index is 2.37. The molecule has 0 saturated heterocycles. The van der Waals surface area contributed by atoms with Crippen LogP contribution in [0.25, 0.3) is 49.7 Å². The van der Waals surface area contributed by atoms with Crippen molar-refractivity contribution < 1.29 is 0 Å². The van der Waals surface area contributed by atoms with E-state index < -0.39 is 5.41 Å². The molecule has 0 amide bonds. The molecular formula is C61H44N2. The number of hydrogen-bond acceptors (Lipinski definition) is 1. The highest BCUT2D eigenvalue weighted by atomic mass is 15.1. The lowest BCUT2D eigenvalue weighted by Gasteiger charge is -2.37. The Hall–Kier alpha value is -8.20. The summed E-state index contributed by atoms with van der Waals surface area (Å²) in [6.45, 7) is 0. The summed E-state index contributed by atoms with van der Waals surface area (Å²) in [5.41, 5.74) is 15.9. The van der Waals surface area contributed by atoms with E-state index in [2.05, 4.69) is 276 Å². The van der Waals surface area contributed by atoms with Crippen LogP contribution >= 0.6 is 0 Å². The van der Waals surface area contributed by atoms with Gasteiger partial charge in [0.2, 0.25) is 0 Å². The Morgan fingerprint density at radius 3 is 0.968 bits per heavy atom. The van der Waals surface area contributed by atoms with E-state index in [4.69, 9.17) is 0 Å². The zero-order valence-corrected chi connectivity index (χ0v) is 34.8. The van der Waals surface area contributed by atoms with E-state index in [1.54, 1.807) is 0 Å². The topological polar surface area (TPSA) is 8.17 Å². The van der Waals surface area contributed by atoms with Gasteiger partial charge in [0.1, 0.15) is 0 Å². The van der Waals surface area contributed by atoms with Crippen LogP contribution in [0.15, 0.2) is 267 Å². The monoisotopic (exact) mass is 804 g/mol. The van der Waals surface area contributed by atoms with E-state index in [-0.39, 0.29) is 0 Å². The Morgan fingerprint density at radius 2 is 0.556 bits per heavy atom. The van der Waals surface area contributed by atoms with Crippen LogP contribution in [0.2, 0.25) is 0 Å². The van der Waals surface area contributed by atoms with Crippen molar-refractivity contribution in [2.24, 2.45) is 0 Å². The highest BCUT2D eigenvalue weighted by Crippen LogP contribution is 2.46. The van der Waals surface area contributed by atoms with Crippen LogP contribution < -0.4 is 4.90 Å². The summed E-state index contributed by atoms with van der Waals surface area (Å²) in [5, 5.41) is 2.54. The van der Waals surface area contributed by atoms with Gasteiger partial charge >= 0.3 is 0 Å². The lowest BCUT2D eigenvalue weighted by atomic mass is 9.65. The molecule has 1 aromatic heterocycles. The first-order chi connectivity index (χ1) is 31.3. The van der Waals surface area contributed by atoms with E-state index in [1.807, 2.05) is 0 Å². The first kappa shape index (κ1) is 37.8. The minimum atomic E-state index is -0.525. The molecule has 298 valence electrons. The Balaban J connectivity index is 0.987. The zero-order chi connectivity index (χ0) is 42.0. The third-order valence-corrected chi connectivity index (χ3v) is 12.6. The van der Waals surface area contributed by atoms with Gasteiger partial charge in [-0.15, -0.1) is 0 Å². The van der Waals surface area contributed by atoms with Crippen LogP contribution in [0, 0.1) is 0 Å². The van der Waals surface area contributed by atoms with Gasteiger partial charge in [-0.25, -0.2) is 0 Å². The van der Waals surface area contributed by atoms with Crippen molar-refractivity contribution in [3.8, 4) is 27.9 Å². The van der Waals surface area contributed by atoms with E-state index in [1.165, 1.54) is 66.3 Å². The number of hydrogen-bond donors (Lipinski definition) is 0. The van der Waals surface area contributed by atoms with Gasteiger partial charge in [-0.3, -0.25) is 0 Å². The zero-order valence-electron chi connectivity index (χ0n) is 34.8. The molecule has 0 bridgehead atoms. The van der Waals surface area contributed by atoms with Crippen molar-refractivity contribution in [1.29, 1.82) is 0 Å². The molecule has 2 heteroatoms. The minimum absolute atomic E-state index is 0.525. The van der Waals surface area contributed by atoms with Gasteiger partial charge < -0.3 is 9.47 Å². The second-order valence-electron chi connectivity index (χ2n) is 16.1. The summed E-state index contributed by atoms with van der Waals surface area (Å²) in [5.74, 6) is 0. The molecule has 0 N–H and O–H groups in total. The van der Waals surface area contributed by atoms with Crippen LogP contribution in [0.1, 0.15) is 22.3 Å². The molecular weight excluding hydrogens is 761 g/mol. The Kier molecular flexibility index (Phi) is 9.80. The Bertz CT molecular complexity index is 3110. The Labute approximate surface area is 369 Å². The van der Waals surface area contributed by atoms with Crippen molar-refractivity contribution in [3.05, 3.63) is 289 Å². The van der Waals surface area contributed by atoms with Gasteiger partial charge in [-0.1, -0.05) is 206 Å². The summed E-state index contributed by atoms with van der Waals surface area (Å²) < 4.78 is 2.37. The molecule has 0 aliphatic carbocycles. The molecule has 11 aromatic rings. The van der Waals surface area contributed by atoms with Gasteiger partial charge in [0.15, 0.2) is 0 Å². The summed E-state index contributed by atoms with van der Waals surface area (Å²) in [6, 6.07) is 96.7. The highest BCUT2D eigenvalue weighted by Gasteiger charge is 2.38. The molecule has 0 atom stereocenters. The smallest absolute Gasteiger partial charge is 0.0701 e. The van der Waals surface area contributed by atoms with Crippen molar-refractivity contribution in [2.45, 2.75) is 5.41 Å². The average Bonchev–Trinajstić information content (AvgIpc) is 3.71. The van der Waals surface area contributed by atoms with Gasteiger partial charge in [0.25, 0.3) is 0 Å². The quantitative estimate of drug-likeness (QED) is 0.125. The van der Waals surface area contributed by atoms with Crippen LogP contribution in [0.5, 0.6) is 0 Å². The second-order valence-corrected chi connectivity index (χ2v) is 16.1. The van der Waals surface area contributed by atoms with Gasteiger partial charge in [-0.05, 0) is 105 Å². The van der Waals surface area contributed by atoms with Crippen molar-refractivity contribution >= 4 is 38.9 Å². The number of fused-ring (bicyclic) bond motifs is 3. The first-order valence-electron chi connectivity index (χ1n) is 21.7. The SMILES string of the molecule is c1ccc(-c2ccc(N(c3ccc(-c4ccc(-n5c6ccccc6c6ccccc65)cc4)cc3)c3ccc(C(c4ccccc4)(c4ccccc4)c4ccccc4)cc3)cc2)cc1. The highest BCUT2D eigenvalue weighted by molar-refractivity contribution is 6.09. The number of anilines is 3. The normalized spacial score (nSPS) is 11.5. The molecule has 0 spiro atoms. The minimum Gasteiger partial charge on any atom is -0.311 e. The molecule has 1 heterocycles. The third kappa shape index (κ3) is 6.79. The molecule has 0 radical (unpaired) electrons. The van der Waals surface area contributed by atoms with E-state index in [0.29, 0.717) is 0 Å². The number of benzene rings is 10.